The summed E-state index contributed by atoms with van der Waals surface area (Å²) in [6, 6.07) is 3.13. The molecule has 0 aliphatic heterocycles. The molecular weight excluding hydrogens is 198 g/mol. The van der Waals surface area contributed by atoms with Crippen molar-refractivity contribution in [2.75, 3.05) is 5.32 Å². The van der Waals surface area contributed by atoms with Gasteiger partial charge in [0.25, 0.3) is 0 Å². The van der Waals surface area contributed by atoms with Crippen molar-refractivity contribution in [3.63, 3.8) is 0 Å². The number of nitrogens with two attached hydrogens (primary N) is 1. The Hall–Kier alpha value is -1.09. The van der Waals surface area contributed by atoms with Gasteiger partial charge in [0.05, 0.1) is 0 Å². The number of aromatic nitrogens is 1. The lowest BCUT2D eigenvalue weighted by molar-refractivity contribution is 0.411. The largest absolute Gasteiger partial charge is 0.382 e. The molecular formula is C13H21N3. The zero-order valence-corrected chi connectivity index (χ0v) is 10.2. The van der Waals surface area contributed by atoms with E-state index in [4.69, 9.17) is 5.73 Å². The first-order valence-electron chi connectivity index (χ1n) is 6.10. The Balaban J connectivity index is 2.00. The minimum Gasteiger partial charge on any atom is -0.382 e. The van der Waals surface area contributed by atoms with E-state index >= 15 is 0 Å². The van der Waals surface area contributed by atoms with Crippen LogP contribution >= 0.6 is 0 Å². The van der Waals surface area contributed by atoms with Crippen LogP contribution in [0.4, 0.5) is 5.69 Å². The van der Waals surface area contributed by atoms with Crippen molar-refractivity contribution >= 4 is 5.69 Å². The first kappa shape index (κ1) is 11.4. The summed E-state index contributed by atoms with van der Waals surface area (Å²) >= 11 is 0. The number of nitrogens with zero attached hydrogens (tertiary/aromatic N) is 1. The third kappa shape index (κ3) is 2.73. The molecule has 3 nitrogen and oxygen atoms in total. The predicted molar refractivity (Wildman–Crippen MR) is 67.6 cm³/mol. The Bertz CT molecular complexity index is 354. The Morgan fingerprint density at radius 3 is 2.62 bits per heavy atom. The highest BCUT2D eigenvalue weighted by molar-refractivity contribution is 5.51. The molecule has 1 aromatic rings. The van der Waals surface area contributed by atoms with E-state index in [-0.39, 0.29) is 0 Å². The van der Waals surface area contributed by atoms with Crippen LogP contribution in [-0.2, 0) is 0 Å². The van der Waals surface area contributed by atoms with Gasteiger partial charge in [0.1, 0.15) is 0 Å². The molecule has 1 aliphatic rings. The van der Waals surface area contributed by atoms with Crippen LogP contribution in [0.25, 0.3) is 0 Å². The van der Waals surface area contributed by atoms with Gasteiger partial charge in [-0.25, -0.2) is 0 Å². The van der Waals surface area contributed by atoms with E-state index in [2.05, 4.69) is 23.3 Å². The molecule has 88 valence electrons. The summed E-state index contributed by atoms with van der Waals surface area (Å²) in [7, 11) is 0. The molecule has 0 amide bonds. The van der Waals surface area contributed by atoms with Crippen molar-refractivity contribution < 1.29 is 0 Å². The second kappa shape index (κ2) is 4.83. The highest BCUT2D eigenvalue weighted by Gasteiger charge is 2.18. The average molecular weight is 219 g/mol. The molecule has 1 fully saturated rings. The minimum atomic E-state index is 0.415. The second-order valence-corrected chi connectivity index (χ2v) is 4.90. The predicted octanol–water partition coefficient (Wildman–Crippen LogP) is 2.38. The zero-order chi connectivity index (χ0) is 11.5. The fraction of sp³-hybridized carbons (Fsp3) is 0.615. The van der Waals surface area contributed by atoms with Gasteiger partial charge in [-0.05, 0) is 51.2 Å². The fourth-order valence-corrected chi connectivity index (χ4v) is 2.27. The fourth-order valence-electron chi connectivity index (χ4n) is 2.27. The summed E-state index contributed by atoms with van der Waals surface area (Å²) in [5.41, 5.74) is 9.43. The lowest BCUT2D eigenvalue weighted by Gasteiger charge is -2.28. The summed E-state index contributed by atoms with van der Waals surface area (Å²) < 4.78 is 0. The van der Waals surface area contributed by atoms with Gasteiger partial charge in [-0.15, -0.1) is 0 Å². The molecule has 3 heteroatoms. The lowest BCUT2D eigenvalue weighted by atomic mass is 9.91. The van der Waals surface area contributed by atoms with Crippen LogP contribution in [0.1, 0.15) is 36.9 Å². The number of anilines is 1. The lowest BCUT2D eigenvalue weighted by Crippen LogP contribution is -2.33. The normalized spacial score (nSPS) is 25.4. The molecule has 0 radical (unpaired) electrons. The quantitative estimate of drug-likeness (QED) is 0.803. The number of rotatable bonds is 2. The first-order valence-corrected chi connectivity index (χ1v) is 6.10. The van der Waals surface area contributed by atoms with Gasteiger partial charge in [0, 0.05) is 29.7 Å². The molecule has 3 N–H and O–H groups in total. The first-order chi connectivity index (χ1) is 7.65. The third-order valence-corrected chi connectivity index (χ3v) is 3.37. The van der Waals surface area contributed by atoms with E-state index in [0.29, 0.717) is 12.1 Å². The molecule has 0 saturated heterocycles. The maximum absolute atomic E-state index is 5.91. The zero-order valence-electron chi connectivity index (χ0n) is 10.2. The maximum atomic E-state index is 5.91. The molecule has 0 aromatic carbocycles. The highest BCUT2D eigenvalue weighted by atomic mass is 14.9. The van der Waals surface area contributed by atoms with Crippen molar-refractivity contribution in [3.8, 4) is 0 Å². The standard InChI is InChI=1S/C13H21N3/c1-9-8-15-10(2)7-13(9)16-12-5-3-11(14)4-6-12/h7-8,11-12H,3-6,14H2,1-2H3,(H,15,16). The van der Waals surface area contributed by atoms with Gasteiger partial charge in [0.2, 0.25) is 0 Å². The summed E-state index contributed by atoms with van der Waals surface area (Å²) in [4.78, 5) is 4.28. The molecule has 1 heterocycles. The molecule has 16 heavy (non-hydrogen) atoms. The van der Waals surface area contributed by atoms with E-state index in [1.165, 1.54) is 24.1 Å². The van der Waals surface area contributed by atoms with Crippen LogP contribution in [0.3, 0.4) is 0 Å². The molecule has 2 rings (SSSR count). The Kier molecular flexibility index (Phi) is 3.44. The van der Waals surface area contributed by atoms with Crippen molar-refractivity contribution in [2.24, 2.45) is 5.73 Å². The summed E-state index contributed by atoms with van der Waals surface area (Å²) in [5, 5.41) is 3.61. The Morgan fingerprint density at radius 1 is 1.25 bits per heavy atom. The van der Waals surface area contributed by atoms with E-state index in [9.17, 15) is 0 Å². The summed E-state index contributed by atoms with van der Waals surface area (Å²) in [6.07, 6.45) is 6.58. The monoisotopic (exact) mass is 219 g/mol. The van der Waals surface area contributed by atoms with Crippen molar-refractivity contribution in [1.82, 2.24) is 4.98 Å². The summed E-state index contributed by atoms with van der Waals surface area (Å²) in [6.45, 7) is 4.13. The van der Waals surface area contributed by atoms with Gasteiger partial charge < -0.3 is 11.1 Å². The van der Waals surface area contributed by atoms with Gasteiger partial charge in [-0.1, -0.05) is 0 Å². The number of aryl methyl sites for hydroxylation is 2. The van der Waals surface area contributed by atoms with Crippen LogP contribution < -0.4 is 11.1 Å². The second-order valence-electron chi connectivity index (χ2n) is 4.90. The van der Waals surface area contributed by atoms with Crippen molar-refractivity contribution in [1.29, 1.82) is 0 Å². The van der Waals surface area contributed by atoms with Gasteiger partial charge in [-0.2, -0.15) is 0 Å². The SMILES string of the molecule is Cc1cc(NC2CCC(N)CC2)c(C)cn1. The van der Waals surface area contributed by atoms with Crippen LogP contribution in [0.2, 0.25) is 0 Å². The van der Waals surface area contributed by atoms with E-state index in [0.717, 1.165) is 18.5 Å². The molecule has 0 spiro atoms. The van der Waals surface area contributed by atoms with E-state index in [1.54, 1.807) is 0 Å². The van der Waals surface area contributed by atoms with Crippen LogP contribution in [0, 0.1) is 13.8 Å². The maximum Gasteiger partial charge on any atom is 0.0405 e. The number of nitrogens with one attached hydrogen (secondary N) is 1. The minimum absolute atomic E-state index is 0.415. The number of hydrogen-bond acceptors (Lipinski definition) is 3. The molecule has 0 bridgehead atoms. The molecule has 0 atom stereocenters. The molecule has 1 aromatic heterocycles. The number of hydrogen-bond donors (Lipinski definition) is 2. The Labute approximate surface area is 97.5 Å². The van der Waals surface area contributed by atoms with Crippen molar-refractivity contribution in [2.45, 2.75) is 51.6 Å². The van der Waals surface area contributed by atoms with Crippen LogP contribution in [0.15, 0.2) is 12.3 Å². The molecule has 1 saturated carbocycles. The van der Waals surface area contributed by atoms with Gasteiger partial charge in [0.15, 0.2) is 0 Å². The molecule has 0 unspecified atom stereocenters. The van der Waals surface area contributed by atoms with E-state index in [1.807, 2.05) is 13.1 Å². The third-order valence-electron chi connectivity index (χ3n) is 3.37. The van der Waals surface area contributed by atoms with Crippen molar-refractivity contribution in [3.05, 3.63) is 23.5 Å². The number of pyridine rings is 1. The smallest absolute Gasteiger partial charge is 0.0405 e. The highest BCUT2D eigenvalue weighted by Crippen LogP contribution is 2.23. The van der Waals surface area contributed by atoms with Gasteiger partial charge >= 0.3 is 0 Å². The van der Waals surface area contributed by atoms with Crippen LogP contribution in [-0.4, -0.2) is 17.1 Å². The van der Waals surface area contributed by atoms with Gasteiger partial charge in [-0.3, -0.25) is 4.98 Å². The van der Waals surface area contributed by atoms with E-state index < -0.39 is 0 Å². The summed E-state index contributed by atoms with van der Waals surface area (Å²) in [5.74, 6) is 0. The van der Waals surface area contributed by atoms with Crippen LogP contribution in [0.5, 0.6) is 0 Å². The topological polar surface area (TPSA) is 50.9 Å². The molecule has 1 aliphatic carbocycles. The average Bonchev–Trinajstić information content (AvgIpc) is 2.27. The Morgan fingerprint density at radius 2 is 1.94 bits per heavy atom.